The zero-order valence-corrected chi connectivity index (χ0v) is 14.6. The molecule has 24 heavy (non-hydrogen) atoms. The van der Waals surface area contributed by atoms with Gasteiger partial charge in [-0.15, -0.1) is 0 Å². The molecule has 124 valence electrons. The van der Waals surface area contributed by atoms with E-state index in [1.54, 1.807) is 23.0 Å². The summed E-state index contributed by atoms with van der Waals surface area (Å²) in [6, 6.07) is 6.61. The average Bonchev–Trinajstić information content (AvgIpc) is 3.06. The minimum atomic E-state index is -0.468. The van der Waals surface area contributed by atoms with Gasteiger partial charge in [0, 0.05) is 24.0 Å². The van der Waals surface area contributed by atoms with Crippen LogP contribution in [0.5, 0.6) is 0 Å². The van der Waals surface area contributed by atoms with Crippen LogP contribution in [-0.4, -0.2) is 26.1 Å². The van der Waals surface area contributed by atoms with Crippen molar-refractivity contribution in [1.29, 1.82) is 0 Å². The normalized spacial score (nSPS) is 10.8. The number of nitrogens with zero attached hydrogens (tertiary/aromatic N) is 4. The molecule has 0 bridgehead atoms. The fourth-order valence-electron chi connectivity index (χ4n) is 2.12. The van der Waals surface area contributed by atoms with E-state index < -0.39 is 5.56 Å². The summed E-state index contributed by atoms with van der Waals surface area (Å²) in [5.74, 6) is 0. The highest BCUT2D eigenvalue weighted by Gasteiger charge is 2.13. The summed E-state index contributed by atoms with van der Waals surface area (Å²) in [7, 11) is 0. The summed E-state index contributed by atoms with van der Waals surface area (Å²) < 4.78 is 2.91. The third kappa shape index (κ3) is 3.56. The molecule has 3 rings (SSSR count). The Hall–Kier alpha value is -2.02. The van der Waals surface area contributed by atoms with E-state index in [4.69, 9.17) is 34.8 Å². The lowest BCUT2D eigenvalue weighted by molar-refractivity contribution is 0.637. The van der Waals surface area contributed by atoms with Gasteiger partial charge in [-0.25, -0.2) is 0 Å². The van der Waals surface area contributed by atoms with Gasteiger partial charge in [0.1, 0.15) is 5.02 Å². The van der Waals surface area contributed by atoms with Gasteiger partial charge in [0.2, 0.25) is 0 Å². The molecule has 0 aliphatic heterocycles. The Kier molecular flexibility index (Phi) is 5.08. The molecule has 6 nitrogen and oxygen atoms in total. The van der Waals surface area contributed by atoms with Crippen molar-refractivity contribution in [2.24, 2.45) is 0 Å². The van der Waals surface area contributed by atoms with Crippen LogP contribution >= 0.6 is 34.8 Å². The first kappa shape index (κ1) is 16.8. The lowest BCUT2D eigenvalue weighted by Crippen LogP contribution is -2.23. The van der Waals surface area contributed by atoms with E-state index in [0.717, 1.165) is 4.68 Å². The SMILES string of the molecule is O=c1c(Cl)c(NCCn2cccn2)cnn1-c1ccc(Cl)cc1Cl. The van der Waals surface area contributed by atoms with Crippen molar-refractivity contribution in [3.63, 3.8) is 0 Å². The molecular weight excluding hydrogens is 373 g/mol. The van der Waals surface area contributed by atoms with E-state index in [9.17, 15) is 4.79 Å². The Bertz CT molecular complexity index is 908. The molecule has 0 aliphatic carbocycles. The zero-order valence-electron chi connectivity index (χ0n) is 12.3. The lowest BCUT2D eigenvalue weighted by Gasteiger charge is -2.11. The van der Waals surface area contributed by atoms with E-state index in [-0.39, 0.29) is 5.02 Å². The second kappa shape index (κ2) is 7.25. The third-order valence-electron chi connectivity index (χ3n) is 3.27. The van der Waals surface area contributed by atoms with Crippen molar-refractivity contribution in [3.05, 3.63) is 68.3 Å². The topological polar surface area (TPSA) is 64.7 Å². The van der Waals surface area contributed by atoms with Crippen LogP contribution in [0.4, 0.5) is 5.69 Å². The van der Waals surface area contributed by atoms with Crippen LogP contribution in [0.1, 0.15) is 0 Å². The Balaban J connectivity index is 1.82. The summed E-state index contributed by atoms with van der Waals surface area (Å²) in [5.41, 5.74) is 0.399. The number of hydrogen-bond donors (Lipinski definition) is 1. The fraction of sp³-hybridized carbons (Fsp3) is 0.133. The maximum Gasteiger partial charge on any atom is 0.292 e. The van der Waals surface area contributed by atoms with Gasteiger partial charge in [0.05, 0.1) is 29.1 Å². The molecule has 0 amide bonds. The van der Waals surface area contributed by atoms with Gasteiger partial charge in [-0.05, 0) is 24.3 Å². The molecule has 1 aromatic carbocycles. The van der Waals surface area contributed by atoms with Gasteiger partial charge >= 0.3 is 0 Å². The van der Waals surface area contributed by atoms with Crippen LogP contribution in [0.3, 0.4) is 0 Å². The van der Waals surface area contributed by atoms with Crippen LogP contribution in [0.15, 0.2) is 47.7 Å². The molecule has 0 radical (unpaired) electrons. The molecule has 9 heteroatoms. The average molecular weight is 385 g/mol. The maximum absolute atomic E-state index is 12.4. The molecule has 0 spiro atoms. The van der Waals surface area contributed by atoms with E-state index in [1.165, 1.54) is 12.3 Å². The Labute approximate surface area is 152 Å². The second-order valence-electron chi connectivity index (χ2n) is 4.88. The number of rotatable bonds is 5. The van der Waals surface area contributed by atoms with Crippen molar-refractivity contribution in [1.82, 2.24) is 19.6 Å². The smallest absolute Gasteiger partial charge is 0.292 e. The predicted octanol–water partition coefficient (Wildman–Crippen LogP) is 3.50. The Morgan fingerprint density at radius 3 is 2.71 bits per heavy atom. The minimum absolute atomic E-state index is 0.0384. The molecule has 0 aliphatic rings. The molecule has 3 aromatic rings. The first-order chi connectivity index (χ1) is 11.6. The van der Waals surface area contributed by atoms with Crippen LogP contribution in [0.25, 0.3) is 5.69 Å². The first-order valence-corrected chi connectivity index (χ1v) is 8.14. The molecular formula is C15H12Cl3N5O. The highest BCUT2D eigenvalue weighted by atomic mass is 35.5. The van der Waals surface area contributed by atoms with Gasteiger partial charge in [0.15, 0.2) is 0 Å². The van der Waals surface area contributed by atoms with E-state index >= 15 is 0 Å². The minimum Gasteiger partial charge on any atom is -0.381 e. The highest BCUT2D eigenvalue weighted by Crippen LogP contribution is 2.24. The second-order valence-corrected chi connectivity index (χ2v) is 6.10. The zero-order chi connectivity index (χ0) is 17.1. The number of hydrogen-bond acceptors (Lipinski definition) is 4. The van der Waals surface area contributed by atoms with Crippen molar-refractivity contribution in [2.75, 3.05) is 11.9 Å². The van der Waals surface area contributed by atoms with E-state index in [2.05, 4.69) is 15.5 Å². The molecule has 0 unspecified atom stereocenters. The molecule has 2 heterocycles. The fourth-order valence-corrected chi connectivity index (χ4v) is 2.80. The largest absolute Gasteiger partial charge is 0.381 e. The summed E-state index contributed by atoms with van der Waals surface area (Å²) in [5, 5.41) is 12.1. The van der Waals surface area contributed by atoms with Gasteiger partial charge in [-0.1, -0.05) is 34.8 Å². The quantitative estimate of drug-likeness (QED) is 0.731. The molecule has 0 saturated heterocycles. The van der Waals surface area contributed by atoms with E-state index in [0.29, 0.717) is 34.5 Å². The van der Waals surface area contributed by atoms with Crippen molar-refractivity contribution >= 4 is 40.5 Å². The number of nitrogens with one attached hydrogen (secondary N) is 1. The van der Waals surface area contributed by atoms with Crippen LogP contribution in [0, 0.1) is 0 Å². The first-order valence-electron chi connectivity index (χ1n) is 7.01. The van der Waals surface area contributed by atoms with Gasteiger partial charge in [0.25, 0.3) is 5.56 Å². The Morgan fingerprint density at radius 2 is 2.00 bits per heavy atom. The maximum atomic E-state index is 12.4. The van der Waals surface area contributed by atoms with E-state index in [1.807, 2.05) is 12.3 Å². The third-order valence-corrected chi connectivity index (χ3v) is 4.18. The molecule has 0 saturated carbocycles. The van der Waals surface area contributed by atoms with Crippen LogP contribution < -0.4 is 10.9 Å². The standard InChI is InChI=1S/C15H12Cl3N5O/c16-10-2-3-13(11(17)8-10)23-15(24)14(18)12(9-21-23)19-5-7-22-6-1-4-20-22/h1-4,6,8-9,19H,5,7H2. The lowest BCUT2D eigenvalue weighted by atomic mass is 10.3. The number of aromatic nitrogens is 4. The van der Waals surface area contributed by atoms with Crippen molar-refractivity contribution in [2.45, 2.75) is 6.54 Å². The van der Waals surface area contributed by atoms with Crippen LogP contribution in [0.2, 0.25) is 15.1 Å². The highest BCUT2D eigenvalue weighted by molar-refractivity contribution is 6.36. The van der Waals surface area contributed by atoms with Gasteiger partial charge < -0.3 is 5.32 Å². The monoisotopic (exact) mass is 383 g/mol. The van der Waals surface area contributed by atoms with Crippen molar-refractivity contribution < 1.29 is 0 Å². The molecule has 0 fully saturated rings. The molecule has 0 atom stereocenters. The molecule has 2 aromatic heterocycles. The van der Waals surface area contributed by atoms with Gasteiger partial charge in [-0.2, -0.15) is 14.9 Å². The Morgan fingerprint density at radius 1 is 1.17 bits per heavy atom. The van der Waals surface area contributed by atoms with Crippen LogP contribution in [-0.2, 0) is 6.54 Å². The number of anilines is 1. The van der Waals surface area contributed by atoms with Crippen molar-refractivity contribution in [3.8, 4) is 5.69 Å². The summed E-state index contributed by atoms with van der Waals surface area (Å²) >= 11 is 18.1. The summed E-state index contributed by atoms with van der Waals surface area (Å²) in [6.07, 6.45) is 5.03. The van der Waals surface area contributed by atoms with Gasteiger partial charge in [-0.3, -0.25) is 9.48 Å². The summed E-state index contributed by atoms with van der Waals surface area (Å²) in [6.45, 7) is 1.18. The molecule has 1 N–H and O–H groups in total. The summed E-state index contributed by atoms with van der Waals surface area (Å²) in [4.78, 5) is 12.4. The number of halogens is 3. The predicted molar refractivity (Wildman–Crippen MR) is 95.6 cm³/mol. The number of benzene rings is 1.